The van der Waals surface area contributed by atoms with Crippen LogP contribution in [0.3, 0.4) is 0 Å². The summed E-state index contributed by atoms with van der Waals surface area (Å²) in [4.78, 5) is 11.3. The van der Waals surface area contributed by atoms with Gasteiger partial charge in [0.25, 0.3) is 0 Å². The van der Waals surface area contributed by atoms with Crippen LogP contribution in [-0.4, -0.2) is 114 Å². The monoisotopic (exact) mass is 245 g/mol. The van der Waals surface area contributed by atoms with Crippen molar-refractivity contribution in [2.75, 3.05) is 0 Å². The molecule has 0 aliphatic rings. The van der Waals surface area contributed by atoms with Crippen LogP contribution in [-0.2, 0) is 30.1 Å². The zero-order valence-electron chi connectivity index (χ0n) is 4.08. The first-order valence-electron chi connectivity index (χ1n) is 0.591. The Morgan fingerprint density at radius 3 is 1.57 bits per heavy atom. The van der Waals surface area contributed by atoms with Crippen molar-refractivity contribution >= 4 is 109 Å². The standard InChI is InChI=1S/CHO3.2K.Pd/c2-1-4-3;;;/h3H;;;/q-1;;;. The number of carbonyl (C=O) groups excluding carboxylic acids is 1. The van der Waals surface area contributed by atoms with E-state index >= 15 is 0 Å². The summed E-state index contributed by atoms with van der Waals surface area (Å²) in [6.07, 6.45) is 0. The van der Waals surface area contributed by atoms with Crippen LogP contribution < -0.4 is 0 Å². The molecule has 0 aromatic heterocycles. The van der Waals surface area contributed by atoms with E-state index in [0.717, 1.165) is 6.47 Å². The van der Waals surface area contributed by atoms with Crippen molar-refractivity contribution in [2.45, 2.75) is 0 Å². The van der Waals surface area contributed by atoms with Gasteiger partial charge in [0.15, 0.2) is 0 Å². The summed E-state index contributed by atoms with van der Waals surface area (Å²) in [6.45, 7) is 0.736. The summed E-state index contributed by atoms with van der Waals surface area (Å²) in [7, 11) is 0. The number of hydrogen-bond donors (Lipinski definition) is 1. The third-order valence-corrected chi connectivity index (χ3v) is 0.0373. The van der Waals surface area contributed by atoms with E-state index in [2.05, 4.69) is 4.89 Å². The molecule has 0 aromatic carbocycles. The van der Waals surface area contributed by atoms with Gasteiger partial charge < -0.3 is 9.68 Å². The fourth-order valence-electron chi connectivity index (χ4n) is 0. The minimum Gasteiger partial charge on any atom is -0.509 e. The van der Waals surface area contributed by atoms with E-state index in [1.165, 1.54) is 0 Å². The second-order valence-electron chi connectivity index (χ2n) is 0.175. The zero-order valence-corrected chi connectivity index (χ0v) is 11.9. The van der Waals surface area contributed by atoms with Gasteiger partial charge in [-0.25, -0.2) is 5.26 Å². The molecule has 2 radical (unpaired) electrons. The average molecular weight is 246 g/mol. The first-order chi connectivity index (χ1) is 1.91. The Morgan fingerprint density at radius 1 is 1.43 bits per heavy atom. The van der Waals surface area contributed by atoms with E-state index in [1.54, 1.807) is 0 Å². The summed E-state index contributed by atoms with van der Waals surface area (Å²) in [6, 6.07) is 0. The molecular weight excluding hydrogens is 245 g/mol. The first kappa shape index (κ1) is 22.4. The molecule has 0 spiro atoms. The Hall–Kier alpha value is 3.37. The molecule has 0 saturated heterocycles. The van der Waals surface area contributed by atoms with Crippen LogP contribution in [0.5, 0.6) is 0 Å². The van der Waals surface area contributed by atoms with Crippen LogP contribution in [0.25, 0.3) is 0 Å². The Bertz CT molecular complexity index is 26.9. The summed E-state index contributed by atoms with van der Waals surface area (Å²) >= 11 is 0. The third kappa shape index (κ3) is 26.7. The average Bonchev–Trinajstić information content (AvgIpc) is 1.37. The Morgan fingerprint density at radius 2 is 1.57 bits per heavy atom. The summed E-state index contributed by atoms with van der Waals surface area (Å²) in [5, 5.41) is 6.95. The van der Waals surface area contributed by atoms with Gasteiger partial charge in [0.05, 0.1) is 0 Å². The molecule has 0 aromatic rings. The fourth-order valence-corrected chi connectivity index (χ4v) is 0. The second-order valence-corrected chi connectivity index (χ2v) is 0.175. The van der Waals surface area contributed by atoms with Crippen LogP contribution in [0.15, 0.2) is 0 Å². The number of rotatable bonds is 1. The van der Waals surface area contributed by atoms with Gasteiger partial charge >= 0.3 is 0 Å². The van der Waals surface area contributed by atoms with Crippen molar-refractivity contribution < 1.29 is 35.4 Å². The minimum absolute atomic E-state index is 0. The minimum atomic E-state index is 0. The first-order valence-corrected chi connectivity index (χ1v) is 0.591. The molecule has 0 heterocycles. The van der Waals surface area contributed by atoms with E-state index in [-0.39, 0.29) is 123 Å². The molecule has 0 fully saturated rings. The van der Waals surface area contributed by atoms with Crippen molar-refractivity contribution in [3.05, 3.63) is 0 Å². The van der Waals surface area contributed by atoms with Gasteiger partial charge in [-0.3, -0.25) is 0 Å². The molecule has 0 unspecified atom stereocenters. The zero-order chi connectivity index (χ0) is 3.41. The molecule has 0 aliphatic carbocycles. The maximum atomic E-state index is 8.58. The SMILES string of the molecule is O=[C-]OO.[K].[K].[Pd]. The molecule has 0 rings (SSSR count). The summed E-state index contributed by atoms with van der Waals surface area (Å²) < 4.78 is 0. The predicted molar refractivity (Wildman–Crippen MR) is 20.9 cm³/mol. The Balaban J connectivity index is -0.0000000150. The quantitative estimate of drug-likeness (QED) is 0.273. The molecule has 6 heteroatoms. The van der Waals surface area contributed by atoms with Crippen LogP contribution in [0.1, 0.15) is 0 Å². The number of hydrogen-bond acceptors (Lipinski definition) is 3. The molecule has 36 valence electrons. The normalized spacial score (nSPS) is 3.00. The molecule has 0 amide bonds. The smallest absolute Gasteiger partial charge is 0 e. The van der Waals surface area contributed by atoms with E-state index in [4.69, 9.17) is 10.1 Å². The van der Waals surface area contributed by atoms with Crippen molar-refractivity contribution in [3.63, 3.8) is 0 Å². The van der Waals surface area contributed by atoms with Crippen molar-refractivity contribution in [1.82, 2.24) is 0 Å². The molecular formula is CHK2O3Pd-. The summed E-state index contributed by atoms with van der Waals surface area (Å²) in [5.74, 6) is 0. The van der Waals surface area contributed by atoms with Gasteiger partial charge in [-0.2, -0.15) is 0 Å². The van der Waals surface area contributed by atoms with Crippen LogP contribution in [0, 0.1) is 0 Å². The van der Waals surface area contributed by atoms with E-state index < -0.39 is 0 Å². The van der Waals surface area contributed by atoms with Crippen molar-refractivity contribution in [1.29, 1.82) is 0 Å². The third-order valence-electron chi connectivity index (χ3n) is 0.0373. The Labute approximate surface area is 140 Å². The van der Waals surface area contributed by atoms with E-state index in [9.17, 15) is 0 Å². The molecule has 7 heavy (non-hydrogen) atoms. The second kappa shape index (κ2) is 22.8. The molecule has 3 nitrogen and oxygen atoms in total. The van der Waals surface area contributed by atoms with Crippen LogP contribution in [0.4, 0.5) is 0 Å². The van der Waals surface area contributed by atoms with Crippen molar-refractivity contribution in [3.8, 4) is 0 Å². The maximum absolute atomic E-state index is 8.58. The molecule has 0 atom stereocenters. The molecule has 0 bridgehead atoms. The predicted octanol–water partition coefficient (Wildman–Crippen LogP) is -1.22. The van der Waals surface area contributed by atoms with Gasteiger partial charge in [0.2, 0.25) is 0 Å². The fraction of sp³-hybridized carbons (Fsp3) is 0. The van der Waals surface area contributed by atoms with Gasteiger partial charge in [0.1, 0.15) is 0 Å². The van der Waals surface area contributed by atoms with Crippen LogP contribution >= 0.6 is 0 Å². The van der Waals surface area contributed by atoms with Crippen LogP contribution in [0.2, 0.25) is 0 Å². The molecule has 1 N–H and O–H groups in total. The largest absolute Gasteiger partial charge is 0.509 e. The van der Waals surface area contributed by atoms with E-state index in [0.29, 0.717) is 0 Å². The van der Waals surface area contributed by atoms with Gasteiger partial charge in [-0.15, -0.1) is 0 Å². The van der Waals surface area contributed by atoms with Gasteiger partial charge in [-0.05, 0) is 6.47 Å². The van der Waals surface area contributed by atoms with Gasteiger partial charge in [0, 0.05) is 123 Å². The summed E-state index contributed by atoms with van der Waals surface area (Å²) in [5.41, 5.74) is 0. The molecule has 0 aliphatic heterocycles. The topological polar surface area (TPSA) is 46.5 Å². The van der Waals surface area contributed by atoms with Crippen molar-refractivity contribution in [2.24, 2.45) is 0 Å². The van der Waals surface area contributed by atoms with E-state index in [1.807, 2.05) is 0 Å². The van der Waals surface area contributed by atoms with Gasteiger partial charge in [-0.1, -0.05) is 0 Å². The Kier molecular flexibility index (Phi) is 73.0. The molecule has 0 saturated carbocycles. The maximum Gasteiger partial charge on any atom is 0 e.